The number of hydrogen-bond donors (Lipinski definition) is 1. The molecule has 0 aromatic rings. The average Bonchev–Trinajstić information content (AvgIpc) is 2.86. The van der Waals surface area contributed by atoms with Crippen molar-refractivity contribution in [1.82, 2.24) is 10.2 Å². The molecule has 0 aromatic carbocycles. The van der Waals surface area contributed by atoms with Crippen molar-refractivity contribution >= 4 is 12.0 Å². The molecular formula is C9H14N2O3. The van der Waals surface area contributed by atoms with Crippen molar-refractivity contribution in [2.45, 2.75) is 25.3 Å². The Bertz CT molecular complexity index is 250. The highest BCUT2D eigenvalue weighted by Gasteiger charge is 2.25. The molecule has 1 saturated carbocycles. The van der Waals surface area contributed by atoms with Crippen molar-refractivity contribution in [1.29, 1.82) is 0 Å². The van der Waals surface area contributed by atoms with Gasteiger partial charge in [-0.1, -0.05) is 0 Å². The molecule has 5 heteroatoms. The average molecular weight is 198 g/mol. The predicted molar refractivity (Wildman–Crippen MR) is 48.7 cm³/mol. The van der Waals surface area contributed by atoms with Gasteiger partial charge >= 0.3 is 6.09 Å². The van der Waals surface area contributed by atoms with Gasteiger partial charge in [0, 0.05) is 19.0 Å². The second-order valence-corrected chi connectivity index (χ2v) is 3.69. The molecule has 78 valence electrons. The smallest absolute Gasteiger partial charge is 0.409 e. The van der Waals surface area contributed by atoms with Gasteiger partial charge in [-0.2, -0.15) is 0 Å². The Hall–Kier alpha value is -1.26. The van der Waals surface area contributed by atoms with Gasteiger partial charge in [-0.15, -0.1) is 0 Å². The van der Waals surface area contributed by atoms with Gasteiger partial charge in [0.1, 0.15) is 6.61 Å². The molecule has 1 heterocycles. The summed E-state index contributed by atoms with van der Waals surface area (Å²) in [7, 11) is 0. The molecular weight excluding hydrogens is 184 g/mol. The van der Waals surface area contributed by atoms with Gasteiger partial charge in [0.25, 0.3) is 0 Å². The Morgan fingerprint density at radius 3 is 2.93 bits per heavy atom. The molecule has 1 saturated heterocycles. The lowest BCUT2D eigenvalue weighted by Crippen LogP contribution is -2.32. The normalized spacial score (nSPS) is 20.9. The van der Waals surface area contributed by atoms with Gasteiger partial charge in [0.2, 0.25) is 5.91 Å². The largest absolute Gasteiger partial charge is 0.448 e. The van der Waals surface area contributed by atoms with Gasteiger partial charge in [-0.05, 0) is 12.8 Å². The number of hydrogen-bond acceptors (Lipinski definition) is 3. The van der Waals surface area contributed by atoms with E-state index < -0.39 is 0 Å². The van der Waals surface area contributed by atoms with Gasteiger partial charge in [-0.3, -0.25) is 4.79 Å². The molecule has 0 aromatic heterocycles. The molecule has 2 rings (SSSR count). The molecule has 2 amide bonds. The number of rotatable bonds is 4. The van der Waals surface area contributed by atoms with E-state index in [0.29, 0.717) is 32.2 Å². The van der Waals surface area contributed by atoms with Crippen LogP contribution in [0.5, 0.6) is 0 Å². The molecule has 2 aliphatic rings. The molecule has 0 atom stereocenters. The van der Waals surface area contributed by atoms with Crippen LogP contribution in [0.25, 0.3) is 0 Å². The summed E-state index contributed by atoms with van der Waals surface area (Å²) in [5.41, 5.74) is 0. The molecule has 0 bridgehead atoms. The van der Waals surface area contributed by atoms with E-state index in [0.717, 1.165) is 12.8 Å². The molecule has 5 nitrogen and oxygen atoms in total. The van der Waals surface area contributed by atoms with Crippen LogP contribution in [0.1, 0.15) is 19.3 Å². The van der Waals surface area contributed by atoms with Gasteiger partial charge in [0.15, 0.2) is 0 Å². The fraction of sp³-hybridized carbons (Fsp3) is 0.778. The van der Waals surface area contributed by atoms with Gasteiger partial charge < -0.3 is 15.0 Å². The van der Waals surface area contributed by atoms with Crippen LogP contribution in [0, 0.1) is 0 Å². The molecule has 0 spiro atoms. The van der Waals surface area contributed by atoms with Crippen molar-refractivity contribution in [3.8, 4) is 0 Å². The second-order valence-electron chi connectivity index (χ2n) is 3.69. The zero-order chi connectivity index (χ0) is 9.97. The van der Waals surface area contributed by atoms with Gasteiger partial charge in [0.05, 0.1) is 6.54 Å². The lowest BCUT2D eigenvalue weighted by atomic mass is 10.3. The minimum atomic E-state index is -0.302. The SMILES string of the molecule is O=C(CCN1CCOC1=O)NC1CC1. The quantitative estimate of drug-likeness (QED) is 0.697. The number of cyclic esters (lactones) is 1. The van der Waals surface area contributed by atoms with Crippen molar-refractivity contribution in [3.63, 3.8) is 0 Å². The maximum atomic E-state index is 11.3. The summed E-state index contributed by atoms with van der Waals surface area (Å²) in [6.07, 6.45) is 2.27. The predicted octanol–water partition coefficient (Wildman–Crippen LogP) is 0.107. The minimum absolute atomic E-state index is 0.0344. The van der Waals surface area contributed by atoms with Crippen molar-refractivity contribution < 1.29 is 14.3 Å². The molecule has 2 fully saturated rings. The summed E-state index contributed by atoms with van der Waals surface area (Å²) in [4.78, 5) is 23.8. The number of carbonyl (C=O) groups is 2. The third kappa shape index (κ3) is 2.37. The lowest BCUT2D eigenvalue weighted by molar-refractivity contribution is -0.121. The van der Waals surface area contributed by atoms with E-state index in [2.05, 4.69) is 5.32 Å². The van der Waals surface area contributed by atoms with Crippen LogP contribution >= 0.6 is 0 Å². The molecule has 1 aliphatic heterocycles. The Labute approximate surface area is 82.4 Å². The first-order chi connectivity index (χ1) is 6.75. The third-order valence-corrected chi connectivity index (χ3v) is 2.40. The van der Waals surface area contributed by atoms with E-state index in [9.17, 15) is 9.59 Å². The highest BCUT2D eigenvalue weighted by molar-refractivity contribution is 5.77. The van der Waals surface area contributed by atoms with Crippen LogP contribution in [0.15, 0.2) is 0 Å². The number of nitrogens with one attached hydrogen (secondary N) is 1. The van der Waals surface area contributed by atoms with E-state index in [-0.39, 0.29) is 12.0 Å². The third-order valence-electron chi connectivity index (χ3n) is 2.40. The zero-order valence-electron chi connectivity index (χ0n) is 7.99. The number of carbonyl (C=O) groups excluding carboxylic acids is 2. The number of ether oxygens (including phenoxy) is 1. The molecule has 0 unspecified atom stereocenters. The Morgan fingerprint density at radius 1 is 1.57 bits per heavy atom. The van der Waals surface area contributed by atoms with E-state index in [1.165, 1.54) is 0 Å². The van der Waals surface area contributed by atoms with E-state index in [4.69, 9.17) is 4.74 Å². The summed E-state index contributed by atoms with van der Waals surface area (Å²) in [6.45, 7) is 1.52. The maximum Gasteiger partial charge on any atom is 0.409 e. The first-order valence-corrected chi connectivity index (χ1v) is 4.97. The van der Waals surface area contributed by atoms with Crippen molar-refractivity contribution in [2.24, 2.45) is 0 Å². The highest BCUT2D eigenvalue weighted by Crippen LogP contribution is 2.18. The van der Waals surface area contributed by atoms with E-state index in [1.54, 1.807) is 4.90 Å². The number of nitrogens with zero attached hydrogens (tertiary/aromatic N) is 1. The first kappa shape index (κ1) is 9.30. The van der Waals surface area contributed by atoms with Crippen LogP contribution in [0.3, 0.4) is 0 Å². The van der Waals surface area contributed by atoms with E-state index in [1.807, 2.05) is 0 Å². The van der Waals surface area contributed by atoms with E-state index >= 15 is 0 Å². The fourth-order valence-corrected chi connectivity index (χ4v) is 1.39. The van der Waals surface area contributed by atoms with Crippen molar-refractivity contribution in [2.75, 3.05) is 19.7 Å². The lowest BCUT2D eigenvalue weighted by Gasteiger charge is -2.11. The summed E-state index contributed by atoms with van der Waals surface area (Å²) >= 11 is 0. The molecule has 14 heavy (non-hydrogen) atoms. The Morgan fingerprint density at radius 2 is 2.36 bits per heavy atom. The minimum Gasteiger partial charge on any atom is -0.448 e. The monoisotopic (exact) mass is 198 g/mol. The van der Waals surface area contributed by atoms with Crippen LogP contribution in [0.2, 0.25) is 0 Å². The van der Waals surface area contributed by atoms with Crippen LogP contribution < -0.4 is 5.32 Å². The van der Waals surface area contributed by atoms with Crippen LogP contribution in [-0.4, -0.2) is 42.6 Å². The van der Waals surface area contributed by atoms with Gasteiger partial charge in [-0.25, -0.2) is 4.79 Å². The van der Waals surface area contributed by atoms with Crippen molar-refractivity contribution in [3.05, 3.63) is 0 Å². The Balaban J connectivity index is 1.65. The molecule has 1 N–H and O–H groups in total. The Kier molecular flexibility index (Phi) is 2.56. The summed E-state index contributed by atoms with van der Waals surface area (Å²) in [6, 6.07) is 0.396. The molecule has 0 radical (unpaired) electrons. The molecule has 1 aliphatic carbocycles. The topological polar surface area (TPSA) is 58.6 Å². The summed E-state index contributed by atoms with van der Waals surface area (Å²) < 4.78 is 4.75. The summed E-state index contributed by atoms with van der Waals surface area (Å²) in [5.74, 6) is 0.0344. The van der Waals surface area contributed by atoms with Crippen LogP contribution in [-0.2, 0) is 9.53 Å². The second kappa shape index (κ2) is 3.86. The fourth-order valence-electron chi connectivity index (χ4n) is 1.39. The number of amides is 2. The first-order valence-electron chi connectivity index (χ1n) is 4.97. The summed E-state index contributed by atoms with van der Waals surface area (Å²) in [5, 5.41) is 2.87. The maximum absolute atomic E-state index is 11.3. The zero-order valence-corrected chi connectivity index (χ0v) is 7.99. The standard InChI is InChI=1S/C9H14N2O3/c12-8(10-7-1-2-7)3-4-11-5-6-14-9(11)13/h7H,1-6H2,(H,10,12). The van der Waals surface area contributed by atoms with Crippen LogP contribution in [0.4, 0.5) is 4.79 Å². The highest BCUT2D eigenvalue weighted by atomic mass is 16.6.